The summed E-state index contributed by atoms with van der Waals surface area (Å²) < 4.78 is 52.5. The molecular formula is C20H30O7S. The maximum absolute atomic E-state index is 12.5. The van der Waals surface area contributed by atoms with Crippen molar-refractivity contribution >= 4 is 10.1 Å². The van der Waals surface area contributed by atoms with E-state index in [1.54, 1.807) is 31.4 Å². The Morgan fingerprint density at radius 3 is 2.50 bits per heavy atom. The third-order valence-corrected chi connectivity index (χ3v) is 6.79. The van der Waals surface area contributed by atoms with Crippen LogP contribution in [0.5, 0.6) is 0 Å². The number of rotatable bonds is 9. The monoisotopic (exact) mass is 414 g/mol. The Labute approximate surface area is 167 Å². The molecule has 1 atom stereocenters. The summed E-state index contributed by atoms with van der Waals surface area (Å²) in [6.07, 6.45) is 3.36. The van der Waals surface area contributed by atoms with Crippen molar-refractivity contribution in [3.63, 3.8) is 0 Å². The Morgan fingerprint density at radius 1 is 1.11 bits per heavy atom. The molecule has 1 aliphatic heterocycles. The van der Waals surface area contributed by atoms with Gasteiger partial charge in [0.05, 0.1) is 42.5 Å². The van der Waals surface area contributed by atoms with E-state index >= 15 is 0 Å². The van der Waals surface area contributed by atoms with Crippen molar-refractivity contribution in [1.82, 2.24) is 0 Å². The lowest BCUT2D eigenvalue weighted by Gasteiger charge is -2.35. The SMILES string of the molecule is COCCOCOC1COC2(CCC(OS(=O)(=O)c3ccc(C)cc3)CC2)C1. The second kappa shape index (κ2) is 9.65. The van der Waals surface area contributed by atoms with Gasteiger partial charge in [0.2, 0.25) is 0 Å². The van der Waals surface area contributed by atoms with Crippen molar-refractivity contribution in [3.05, 3.63) is 29.8 Å². The van der Waals surface area contributed by atoms with Gasteiger partial charge in [-0.15, -0.1) is 0 Å². The molecule has 0 N–H and O–H groups in total. The first kappa shape index (κ1) is 21.7. The molecule has 1 heterocycles. The highest BCUT2D eigenvalue weighted by Gasteiger charge is 2.44. The van der Waals surface area contributed by atoms with Gasteiger partial charge < -0.3 is 18.9 Å². The summed E-state index contributed by atoms with van der Waals surface area (Å²) in [5.74, 6) is 0. The lowest BCUT2D eigenvalue weighted by Crippen LogP contribution is -2.37. The summed E-state index contributed by atoms with van der Waals surface area (Å²) in [4.78, 5) is 0.206. The quantitative estimate of drug-likeness (QED) is 0.349. The van der Waals surface area contributed by atoms with Crippen LogP contribution >= 0.6 is 0 Å². The van der Waals surface area contributed by atoms with E-state index in [9.17, 15) is 8.42 Å². The summed E-state index contributed by atoms with van der Waals surface area (Å²) in [6.45, 7) is 3.74. The average molecular weight is 415 g/mol. The molecule has 1 spiro atoms. The molecule has 0 radical (unpaired) electrons. The molecule has 8 heteroatoms. The maximum Gasteiger partial charge on any atom is 0.297 e. The zero-order valence-corrected chi connectivity index (χ0v) is 17.4. The van der Waals surface area contributed by atoms with Crippen LogP contribution in [0.3, 0.4) is 0 Å². The number of methoxy groups -OCH3 is 1. The van der Waals surface area contributed by atoms with Crippen molar-refractivity contribution in [2.45, 2.75) is 61.7 Å². The minimum absolute atomic E-state index is 0.0105. The molecule has 158 valence electrons. The van der Waals surface area contributed by atoms with Crippen LogP contribution in [-0.4, -0.2) is 60.0 Å². The Hall–Kier alpha value is -1.03. The summed E-state index contributed by atoms with van der Waals surface area (Å²) in [5, 5.41) is 0. The lowest BCUT2D eigenvalue weighted by atomic mass is 9.81. The van der Waals surface area contributed by atoms with Crippen LogP contribution < -0.4 is 0 Å². The van der Waals surface area contributed by atoms with E-state index in [-0.39, 0.29) is 29.5 Å². The number of ether oxygens (including phenoxy) is 4. The summed E-state index contributed by atoms with van der Waals surface area (Å²) in [5.41, 5.74) is 0.780. The van der Waals surface area contributed by atoms with E-state index in [0.29, 0.717) is 32.7 Å². The molecule has 28 heavy (non-hydrogen) atoms. The van der Waals surface area contributed by atoms with Gasteiger partial charge in [-0.05, 0) is 44.7 Å². The van der Waals surface area contributed by atoms with Crippen molar-refractivity contribution in [3.8, 4) is 0 Å². The first-order valence-electron chi connectivity index (χ1n) is 9.75. The topological polar surface area (TPSA) is 80.3 Å². The van der Waals surface area contributed by atoms with Crippen LogP contribution in [0.4, 0.5) is 0 Å². The number of benzene rings is 1. The molecular weight excluding hydrogens is 384 g/mol. The second-order valence-corrected chi connectivity index (χ2v) is 9.14. The third-order valence-electron chi connectivity index (χ3n) is 5.41. The Morgan fingerprint density at radius 2 is 1.82 bits per heavy atom. The summed E-state index contributed by atoms with van der Waals surface area (Å²) in [7, 11) is -2.10. The summed E-state index contributed by atoms with van der Waals surface area (Å²) >= 11 is 0. The van der Waals surface area contributed by atoms with Crippen LogP contribution in [0.1, 0.15) is 37.7 Å². The van der Waals surface area contributed by atoms with E-state index in [1.807, 2.05) is 6.92 Å². The predicted molar refractivity (Wildman–Crippen MR) is 103 cm³/mol. The van der Waals surface area contributed by atoms with Crippen molar-refractivity contribution < 1.29 is 31.5 Å². The Kier molecular flexibility index (Phi) is 7.47. The fraction of sp³-hybridized carbons (Fsp3) is 0.700. The molecule has 7 nitrogen and oxygen atoms in total. The largest absolute Gasteiger partial charge is 0.382 e. The molecule has 1 saturated carbocycles. The maximum atomic E-state index is 12.5. The summed E-state index contributed by atoms with van der Waals surface area (Å²) in [6, 6.07) is 6.73. The molecule has 2 aliphatic rings. The van der Waals surface area contributed by atoms with Crippen LogP contribution in [0.25, 0.3) is 0 Å². The first-order valence-corrected chi connectivity index (χ1v) is 11.2. The number of hydrogen-bond donors (Lipinski definition) is 0. The molecule has 0 bridgehead atoms. The molecule has 1 aromatic carbocycles. The zero-order chi connectivity index (χ0) is 20.0. The highest BCUT2D eigenvalue weighted by molar-refractivity contribution is 7.86. The fourth-order valence-electron chi connectivity index (χ4n) is 3.76. The normalized spacial score (nSPS) is 28.1. The molecule has 1 aromatic rings. The van der Waals surface area contributed by atoms with Gasteiger partial charge in [0.25, 0.3) is 10.1 Å². The Balaban J connectivity index is 1.44. The van der Waals surface area contributed by atoms with Gasteiger partial charge in [0, 0.05) is 13.5 Å². The van der Waals surface area contributed by atoms with Crippen molar-refractivity contribution in [2.24, 2.45) is 0 Å². The number of aryl methyl sites for hydroxylation is 1. The van der Waals surface area contributed by atoms with Gasteiger partial charge in [0.15, 0.2) is 0 Å². The van der Waals surface area contributed by atoms with E-state index in [0.717, 1.165) is 24.8 Å². The molecule has 1 saturated heterocycles. The van der Waals surface area contributed by atoms with Gasteiger partial charge >= 0.3 is 0 Å². The first-order chi connectivity index (χ1) is 13.4. The van der Waals surface area contributed by atoms with Crippen molar-refractivity contribution in [1.29, 1.82) is 0 Å². The smallest absolute Gasteiger partial charge is 0.297 e. The average Bonchev–Trinajstić information content (AvgIpc) is 3.07. The minimum Gasteiger partial charge on any atom is -0.382 e. The van der Waals surface area contributed by atoms with Gasteiger partial charge in [0.1, 0.15) is 6.79 Å². The molecule has 0 amide bonds. The standard InChI is InChI=1S/C20H30O7S/c1-16-3-5-19(6-4-16)28(21,22)27-17-7-9-20(10-8-17)13-18(14-26-20)25-15-24-12-11-23-2/h3-6,17-18H,7-15H2,1-2H3. The molecule has 1 unspecified atom stereocenters. The van der Waals surface area contributed by atoms with E-state index in [4.69, 9.17) is 23.1 Å². The van der Waals surface area contributed by atoms with Crippen LogP contribution in [-0.2, 0) is 33.2 Å². The van der Waals surface area contributed by atoms with Gasteiger partial charge in [-0.2, -0.15) is 8.42 Å². The fourth-order valence-corrected chi connectivity index (χ4v) is 4.89. The highest BCUT2D eigenvalue weighted by atomic mass is 32.2. The van der Waals surface area contributed by atoms with Gasteiger partial charge in [-0.1, -0.05) is 17.7 Å². The van der Waals surface area contributed by atoms with Gasteiger partial charge in [-0.3, -0.25) is 4.18 Å². The van der Waals surface area contributed by atoms with E-state index in [2.05, 4.69) is 0 Å². The Bertz CT molecular complexity index is 709. The predicted octanol–water partition coefficient (Wildman–Crippen LogP) is 2.81. The zero-order valence-electron chi connectivity index (χ0n) is 16.6. The van der Waals surface area contributed by atoms with Crippen LogP contribution in [0.2, 0.25) is 0 Å². The minimum atomic E-state index is -3.73. The lowest BCUT2D eigenvalue weighted by molar-refractivity contribution is -0.0976. The second-order valence-electron chi connectivity index (χ2n) is 7.57. The highest BCUT2D eigenvalue weighted by Crippen LogP contribution is 2.41. The molecule has 1 aliphatic carbocycles. The molecule has 0 aromatic heterocycles. The van der Waals surface area contributed by atoms with Crippen LogP contribution in [0, 0.1) is 6.92 Å². The molecule has 2 fully saturated rings. The van der Waals surface area contributed by atoms with E-state index < -0.39 is 10.1 Å². The van der Waals surface area contributed by atoms with Gasteiger partial charge in [-0.25, -0.2) is 0 Å². The van der Waals surface area contributed by atoms with E-state index in [1.165, 1.54) is 0 Å². The van der Waals surface area contributed by atoms with Crippen molar-refractivity contribution in [2.75, 3.05) is 33.7 Å². The van der Waals surface area contributed by atoms with Crippen LogP contribution in [0.15, 0.2) is 29.2 Å². The third kappa shape index (κ3) is 5.75. The molecule has 3 rings (SSSR count). The number of hydrogen-bond acceptors (Lipinski definition) is 7.